The fraction of sp³-hybridized carbons (Fsp3) is 0.481. The topological polar surface area (TPSA) is 91.2 Å². The number of rotatable bonds is 4. The van der Waals surface area contributed by atoms with Crippen molar-refractivity contribution in [3.8, 4) is 11.6 Å². The molecule has 1 saturated carbocycles. The van der Waals surface area contributed by atoms with E-state index in [1.165, 1.54) is 5.56 Å². The zero-order valence-corrected chi connectivity index (χ0v) is 20.6. The van der Waals surface area contributed by atoms with E-state index in [0.29, 0.717) is 24.6 Å². The van der Waals surface area contributed by atoms with Crippen LogP contribution in [0.5, 0.6) is 5.88 Å². The molecule has 5 rings (SSSR count). The average molecular weight is 476 g/mol. The summed E-state index contributed by atoms with van der Waals surface area (Å²) in [4.78, 5) is 16.8. The molecule has 0 spiro atoms. The predicted octanol–water partition coefficient (Wildman–Crippen LogP) is 4.76. The summed E-state index contributed by atoms with van der Waals surface area (Å²) in [6.07, 6.45) is 6.70. The third-order valence-corrected chi connectivity index (χ3v) is 6.57. The number of hydrogen-bond donors (Lipinski definition) is 1. The fourth-order valence-corrected chi connectivity index (χ4v) is 5.05. The highest BCUT2D eigenvalue weighted by Gasteiger charge is 2.32. The summed E-state index contributed by atoms with van der Waals surface area (Å²) in [5.41, 5.74) is 1.72. The number of para-hydroxylation sites is 1. The maximum Gasteiger partial charge on any atom is 0.407 e. The number of pyridine rings is 1. The standard InChI is InChI=1S/C27H33N5O3/c1-27(2,3)35-26(33)29-20-16-19-8-4-5-9-22(19)32-23(17-20)30-31-25(32)18-11-13-21(14-12-18)34-24-10-6-7-15-28-24/h4-10,15,18,20-21H,11-14,16-17H2,1-3H3,(H,29,33)/t18-,20?,21-. The lowest BCUT2D eigenvalue weighted by molar-refractivity contribution is 0.0504. The zero-order chi connectivity index (χ0) is 24.4. The summed E-state index contributed by atoms with van der Waals surface area (Å²) >= 11 is 0. The molecule has 1 aromatic carbocycles. The Balaban J connectivity index is 1.34. The quantitative estimate of drug-likeness (QED) is 0.585. The minimum absolute atomic E-state index is 0.119. The third-order valence-electron chi connectivity index (χ3n) is 6.57. The van der Waals surface area contributed by atoms with Crippen LogP contribution in [-0.2, 0) is 17.6 Å². The minimum atomic E-state index is -0.543. The highest BCUT2D eigenvalue weighted by atomic mass is 16.6. The van der Waals surface area contributed by atoms with E-state index in [4.69, 9.17) is 9.47 Å². The van der Waals surface area contributed by atoms with Gasteiger partial charge in [-0.25, -0.2) is 9.78 Å². The molecule has 3 heterocycles. The number of fused-ring (bicyclic) bond motifs is 3. The van der Waals surface area contributed by atoms with Crippen molar-refractivity contribution >= 4 is 6.09 Å². The molecule has 3 aromatic rings. The molecule has 8 heteroatoms. The van der Waals surface area contributed by atoms with Crippen molar-refractivity contribution in [3.63, 3.8) is 0 Å². The molecule has 1 unspecified atom stereocenters. The first-order chi connectivity index (χ1) is 16.9. The Morgan fingerprint density at radius 2 is 1.77 bits per heavy atom. The number of aromatic nitrogens is 4. The van der Waals surface area contributed by atoms with Crippen molar-refractivity contribution in [1.82, 2.24) is 25.1 Å². The Labute approximate surface area is 206 Å². The number of nitrogens with zero attached hydrogens (tertiary/aromatic N) is 4. The Bertz CT molecular complexity index is 1160. The number of nitrogens with one attached hydrogen (secondary N) is 1. The number of benzene rings is 1. The van der Waals surface area contributed by atoms with Gasteiger partial charge < -0.3 is 14.8 Å². The molecule has 1 N–H and O–H groups in total. The van der Waals surface area contributed by atoms with Gasteiger partial charge in [-0.15, -0.1) is 10.2 Å². The molecular formula is C27H33N5O3. The van der Waals surface area contributed by atoms with E-state index in [0.717, 1.165) is 43.0 Å². The average Bonchev–Trinajstić information content (AvgIpc) is 3.15. The highest BCUT2D eigenvalue weighted by Crippen LogP contribution is 2.36. The van der Waals surface area contributed by atoms with Gasteiger partial charge in [-0.2, -0.15) is 0 Å². The molecule has 35 heavy (non-hydrogen) atoms. The van der Waals surface area contributed by atoms with Gasteiger partial charge in [-0.3, -0.25) is 4.57 Å². The maximum atomic E-state index is 12.5. The number of ether oxygens (including phenoxy) is 2. The number of amides is 1. The van der Waals surface area contributed by atoms with Crippen molar-refractivity contribution in [2.45, 2.75) is 83.0 Å². The van der Waals surface area contributed by atoms with Crippen molar-refractivity contribution in [2.24, 2.45) is 0 Å². The van der Waals surface area contributed by atoms with E-state index in [-0.39, 0.29) is 12.1 Å². The van der Waals surface area contributed by atoms with E-state index < -0.39 is 11.7 Å². The molecule has 184 valence electrons. The second kappa shape index (κ2) is 9.68. The SMILES string of the molecule is CC(C)(C)OC(=O)NC1Cc2ccccc2-n2c(nnc2[C@H]2CC[C@H](Oc3ccccn3)CC2)C1. The van der Waals surface area contributed by atoms with Gasteiger partial charge in [0.25, 0.3) is 0 Å². The van der Waals surface area contributed by atoms with Crippen LogP contribution in [0, 0.1) is 0 Å². The van der Waals surface area contributed by atoms with Crippen LogP contribution in [0.4, 0.5) is 4.79 Å². The normalized spacial score (nSPS) is 21.9. The molecule has 8 nitrogen and oxygen atoms in total. The van der Waals surface area contributed by atoms with Gasteiger partial charge >= 0.3 is 6.09 Å². The summed E-state index contributed by atoms with van der Waals surface area (Å²) in [5.74, 6) is 2.87. The van der Waals surface area contributed by atoms with Crippen LogP contribution in [0.25, 0.3) is 5.69 Å². The molecule has 0 saturated heterocycles. The van der Waals surface area contributed by atoms with Gasteiger partial charge in [0.2, 0.25) is 5.88 Å². The molecule has 0 bridgehead atoms. The van der Waals surface area contributed by atoms with Crippen molar-refractivity contribution in [3.05, 3.63) is 65.9 Å². The molecular weight excluding hydrogens is 442 g/mol. The number of alkyl carbamates (subject to hydrolysis) is 1. The van der Waals surface area contributed by atoms with Gasteiger partial charge in [0, 0.05) is 30.6 Å². The van der Waals surface area contributed by atoms with Crippen LogP contribution in [0.15, 0.2) is 48.7 Å². The molecule has 1 aliphatic heterocycles. The van der Waals surface area contributed by atoms with Crippen molar-refractivity contribution in [1.29, 1.82) is 0 Å². The molecule has 2 aliphatic rings. The predicted molar refractivity (Wildman–Crippen MR) is 132 cm³/mol. The van der Waals surface area contributed by atoms with Crippen LogP contribution in [0.2, 0.25) is 0 Å². The Morgan fingerprint density at radius 3 is 2.51 bits per heavy atom. The molecule has 0 radical (unpaired) electrons. The molecule has 1 aliphatic carbocycles. The van der Waals surface area contributed by atoms with Gasteiger partial charge in [0.1, 0.15) is 23.4 Å². The van der Waals surface area contributed by atoms with Crippen molar-refractivity contribution < 1.29 is 14.3 Å². The van der Waals surface area contributed by atoms with Crippen LogP contribution in [0.3, 0.4) is 0 Å². The summed E-state index contributed by atoms with van der Waals surface area (Å²) < 4.78 is 13.8. The lowest BCUT2D eigenvalue weighted by atomic mass is 9.86. The van der Waals surface area contributed by atoms with E-state index in [1.807, 2.05) is 51.1 Å². The van der Waals surface area contributed by atoms with Crippen LogP contribution in [-0.4, -0.2) is 43.6 Å². The maximum absolute atomic E-state index is 12.5. The molecule has 1 amide bonds. The number of hydrogen-bond acceptors (Lipinski definition) is 6. The summed E-state index contributed by atoms with van der Waals surface area (Å²) in [6.45, 7) is 5.61. The van der Waals surface area contributed by atoms with E-state index >= 15 is 0 Å². The summed E-state index contributed by atoms with van der Waals surface area (Å²) in [5, 5.41) is 12.3. The summed E-state index contributed by atoms with van der Waals surface area (Å²) in [7, 11) is 0. The first-order valence-corrected chi connectivity index (χ1v) is 12.5. The third kappa shape index (κ3) is 5.47. The van der Waals surface area contributed by atoms with Gasteiger partial charge in [-0.05, 0) is 70.6 Å². The highest BCUT2D eigenvalue weighted by molar-refractivity contribution is 5.68. The van der Waals surface area contributed by atoms with Gasteiger partial charge in [-0.1, -0.05) is 24.3 Å². The lowest BCUT2D eigenvalue weighted by Crippen LogP contribution is -2.41. The Morgan fingerprint density at radius 1 is 1.00 bits per heavy atom. The van der Waals surface area contributed by atoms with Crippen LogP contribution < -0.4 is 10.1 Å². The summed E-state index contributed by atoms with van der Waals surface area (Å²) in [6, 6.07) is 14.0. The Hall–Kier alpha value is -3.42. The van der Waals surface area contributed by atoms with Crippen LogP contribution >= 0.6 is 0 Å². The van der Waals surface area contributed by atoms with E-state index in [9.17, 15) is 4.79 Å². The van der Waals surface area contributed by atoms with Gasteiger partial charge in [0.15, 0.2) is 0 Å². The fourth-order valence-electron chi connectivity index (χ4n) is 5.05. The second-order valence-electron chi connectivity index (χ2n) is 10.4. The monoisotopic (exact) mass is 475 g/mol. The Kier molecular flexibility index (Phi) is 6.45. The molecule has 1 fully saturated rings. The first kappa shape index (κ1) is 23.3. The number of carbonyl (C=O) groups is 1. The lowest BCUT2D eigenvalue weighted by Gasteiger charge is -2.28. The zero-order valence-electron chi connectivity index (χ0n) is 20.6. The number of carbonyl (C=O) groups excluding carboxylic acids is 1. The molecule has 1 atom stereocenters. The largest absolute Gasteiger partial charge is 0.474 e. The van der Waals surface area contributed by atoms with E-state index in [2.05, 4.69) is 37.2 Å². The minimum Gasteiger partial charge on any atom is -0.474 e. The molecule has 2 aromatic heterocycles. The van der Waals surface area contributed by atoms with Crippen molar-refractivity contribution in [2.75, 3.05) is 0 Å². The van der Waals surface area contributed by atoms with Crippen LogP contribution in [0.1, 0.15) is 69.6 Å². The van der Waals surface area contributed by atoms with Gasteiger partial charge in [0.05, 0.1) is 5.69 Å². The first-order valence-electron chi connectivity index (χ1n) is 12.5. The smallest absolute Gasteiger partial charge is 0.407 e. The second-order valence-corrected chi connectivity index (χ2v) is 10.4. The van der Waals surface area contributed by atoms with E-state index in [1.54, 1.807) is 6.20 Å².